The fraction of sp³-hybridized carbons (Fsp3) is 0.800. The van der Waals surface area contributed by atoms with Crippen LogP contribution in [0.3, 0.4) is 0 Å². The van der Waals surface area contributed by atoms with Crippen molar-refractivity contribution in [1.29, 1.82) is 0 Å². The van der Waals surface area contributed by atoms with Crippen molar-refractivity contribution in [2.45, 2.75) is 46.5 Å². The van der Waals surface area contributed by atoms with Crippen molar-refractivity contribution < 1.29 is 4.79 Å². The Morgan fingerprint density at radius 1 is 1.50 bits per heavy atom. The first-order valence-corrected chi connectivity index (χ1v) is 5.21. The maximum absolute atomic E-state index is 10.4. The molecule has 0 aliphatic rings. The Bertz CT molecular complexity index is 202. The van der Waals surface area contributed by atoms with Gasteiger partial charge in [-0.15, -0.1) is 0 Å². The summed E-state index contributed by atoms with van der Waals surface area (Å²) >= 11 is 0. The van der Waals surface area contributed by atoms with Crippen molar-refractivity contribution in [3.8, 4) is 0 Å². The van der Waals surface area contributed by atoms with E-state index in [1.165, 1.54) is 12.8 Å². The number of hydrogen-bond acceptors (Lipinski definition) is 2. The molecular formula is C10H21N3O. The van der Waals surface area contributed by atoms with Crippen molar-refractivity contribution in [3.05, 3.63) is 0 Å². The van der Waals surface area contributed by atoms with Gasteiger partial charge in [0.1, 0.15) is 0 Å². The second-order valence-corrected chi connectivity index (χ2v) is 3.48. The van der Waals surface area contributed by atoms with Crippen LogP contribution in [0.15, 0.2) is 5.10 Å². The van der Waals surface area contributed by atoms with Crippen molar-refractivity contribution in [2.24, 2.45) is 16.8 Å². The molecule has 4 nitrogen and oxygen atoms in total. The van der Waals surface area contributed by atoms with E-state index in [1.54, 1.807) is 0 Å². The van der Waals surface area contributed by atoms with Gasteiger partial charge in [-0.3, -0.25) is 0 Å². The molecule has 0 saturated carbocycles. The maximum atomic E-state index is 10.4. The minimum Gasteiger partial charge on any atom is -0.350 e. The molecule has 0 aliphatic carbocycles. The minimum absolute atomic E-state index is 0.460. The summed E-state index contributed by atoms with van der Waals surface area (Å²) in [4.78, 5) is 10.4. The number of hydrogen-bond donors (Lipinski definition) is 2. The zero-order valence-corrected chi connectivity index (χ0v) is 9.34. The normalized spacial score (nSPS) is 13.8. The number of nitrogens with one attached hydrogen (secondary N) is 1. The highest BCUT2D eigenvalue weighted by Crippen LogP contribution is 2.14. The Morgan fingerprint density at radius 2 is 2.14 bits per heavy atom. The van der Waals surface area contributed by atoms with Gasteiger partial charge in [0.25, 0.3) is 0 Å². The molecule has 0 aromatic carbocycles. The van der Waals surface area contributed by atoms with Gasteiger partial charge in [0, 0.05) is 5.71 Å². The number of hydrazone groups is 1. The standard InChI is InChI=1S/C10H21N3O/c1-4-6-7-9(5-2)8(3)12-13-10(11)14/h9H,4-7H2,1-3H3,(H3,11,13,14)/b12-8-/t9-/m0/s1. The van der Waals surface area contributed by atoms with Gasteiger partial charge >= 0.3 is 6.03 Å². The van der Waals surface area contributed by atoms with Crippen LogP contribution >= 0.6 is 0 Å². The van der Waals surface area contributed by atoms with Crippen molar-refractivity contribution >= 4 is 11.7 Å². The monoisotopic (exact) mass is 199 g/mol. The van der Waals surface area contributed by atoms with Crippen LogP contribution in [0.25, 0.3) is 0 Å². The topological polar surface area (TPSA) is 67.5 Å². The second kappa shape index (κ2) is 7.35. The van der Waals surface area contributed by atoms with Crippen molar-refractivity contribution in [3.63, 3.8) is 0 Å². The average Bonchev–Trinajstić information content (AvgIpc) is 2.16. The summed E-state index contributed by atoms with van der Waals surface area (Å²) in [7, 11) is 0. The molecule has 0 saturated heterocycles. The summed E-state index contributed by atoms with van der Waals surface area (Å²) in [5.74, 6) is 0.460. The molecule has 0 radical (unpaired) electrons. The van der Waals surface area contributed by atoms with Crippen LogP contribution in [0.5, 0.6) is 0 Å². The van der Waals surface area contributed by atoms with E-state index in [1.807, 2.05) is 6.92 Å². The zero-order valence-electron chi connectivity index (χ0n) is 9.34. The summed E-state index contributed by atoms with van der Waals surface area (Å²) in [6.07, 6.45) is 4.56. The number of nitrogens with two attached hydrogens (primary N) is 1. The van der Waals surface area contributed by atoms with Gasteiger partial charge in [-0.2, -0.15) is 5.10 Å². The average molecular weight is 199 g/mol. The number of nitrogens with zero attached hydrogens (tertiary/aromatic N) is 1. The molecule has 2 amide bonds. The molecule has 0 rings (SSSR count). The van der Waals surface area contributed by atoms with Gasteiger partial charge in [-0.1, -0.05) is 26.7 Å². The predicted octanol–water partition coefficient (Wildman–Crippen LogP) is 2.25. The van der Waals surface area contributed by atoms with Crippen LogP contribution in [0, 0.1) is 5.92 Å². The first-order valence-electron chi connectivity index (χ1n) is 5.21. The highest BCUT2D eigenvalue weighted by atomic mass is 16.2. The van der Waals surface area contributed by atoms with E-state index < -0.39 is 6.03 Å². The Kier molecular flexibility index (Phi) is 6.80. The molecule has 3 N–H and O–H groups in total. The van der Waals surface area contributed by atoms with Gasteiger partial charge in [-0.05, 0) is 25.7 Å². The molecule has 4 heteroatoms. The highest BCUT2D eigenvalue weighted by molar-refractivity contribution is 5.85. The van der Waals surface area contributed by atoms with Crippen LogP contribution in [-0.4, -0.2) is 11.7 Å². The Balaban J connectivity index is 4.07. The van der Waals surface area contributed by atoms with Crippen molar-refractivity contribution in [1.82, 2.24) is 5.43 Å². The molecule has 0 fully saturated rings. The predicted molar refractivity (Wildman–Crippen MR) is 59.1 cm³/mol. The fourth-order valence-corrected chi connectivity index (χ4v) is 1.39. The molecule has 14 heavy (non-hydrogen) atoms. The Labute approximate surface area is 85.9 Å². The molecule has 0 aromatic heterocycles. The maximum Gasteiger partial charge on any atom is 0.332 e. The van der Waals surface area contributed by atoms with Crippen LogP contribution in [0.2, 0.25) is 0 Å². The van der Waals surface area contributed by atoms with E-state index >= 15 is 0 Å². The van der Waals surface area contributed by atoms with Gasteiger partial charge in [-0.25, -0.2) is 10.2 Å². The molecule has 0 heterocycles. The fourth-order valence-electron chi connectivity index (χ4n) is 1.39. The number of carbonyl (C=O) groups is 1. The first-order chi connectivity index (χ1) is 6.61. The van der Waals surface area contributed by atoms with Gasteiger partial charge in [0.2, 0.25) is 0 Å². The molecule has 82 valence electrons. The van der Waals surface area contributed by atoms with Crippen LogP contribution in [-0.2, 0) is 0 Å². The quantitative estimate of drug-likeness (QED) is 0.500. The summed E-state index contributed by atoms with van der Waals surface area (Å²) in [6, 6.07) is -0.602. The molecule has 1 atom stereocenters. The van der Waals surface area contributed by atoms with Crippen LogP contribution in [0.1, 0.15) is 46.5 Å². The molecule has 0 unspecified atom stereocenters. The third kappa shape index (κ3) is 5.56. The van der Waals surface area contributed by atoms with E-state index in [2.05, 4.69) is 24.4 Å². The number of rotatable bonds is 6. The number of carbonyl (C=O) groups excluding carboxylic acids is 1. The van der Waals surface area contributed by atoms with Gasteiger partial charge in [0.05, 0.1) is 0 Å². The van der Waals surface area contributed by atoms with E-state index in [9.17, 15) is 4.79 Å². The van der Waals surface area contributed by atoms with Crippen LogP contribution < -0.4 is 11.2 Å². The number of amides is 2. The van der Waals surface area contributed by atoms with E-state index in [0.29, 0.717) is 5.92 Å². The van der Waals surface area contributed by atoms with Gasteiger partial charge in [0.15, 0.2) is 0 Å². The molecule has 0 aromatic rings. The molecule has 0 aliphatic heterocycles. The largest absolute Gasteiger partial charge is 0.350 e. The summed E-state index contributed by atoms with van der Waals surface area (Å²) in [5.41, 5.74) is 8.15. The molecule has 0 spiro atoms. The summed E-state index contributed by atoms with van der Waals surface area (Å²) < 4.78 is 0. The number of urea groups is 1. The third-order valence-electron chi connectivity index (χ3n) is 2.33. The lowest BCUT2D eigenvalue weighted by atomic mass is 9.95. The SMILES string of the molecule is CCCC[C@H](CC)/C(C)=N\NC(N)=O. The Hall–Kier alpha value is -1.06. The van der Waals surface area contributed by atoms with Crippen molar-refractivity contribution in [2.75, 3.05) is 0 Å². The van der Waals surface area contributed by atoms with E-state index in [4.69, 9.17) is 5.73 Å². The third-order valence-corrected chi connectivity index (χ3v) is 2.33. The summed E-state index contributed by atoms with van der Waals surface area (Å²) in [6.45, 7) is 6.23. The number of primary amides is 1. The smallest absolute Gasteiger partial charge is 0.332 e. The molecule has 0 bridgehead atoms. The van der Waals surface area contributed by atoms with E-state index in [-0.39, 0.29) is 0 Å². The lowest BCUT2D eigenvalue weighted by Crippen LogP contribution is -2.26. The van der Waals surface area contributed by atoms with Crippen LogP contribution in [0.4, 0.5) is 4.79 Å². The minimum atomic E-state index is -0.602. The molecular weight excluding hydrogens is 178 g/mol. The first kappa shape index (κ1) is 12.9. The highest BCUT2D eigenvalue weighted by Gasteiger charge is 2.09. The second-order valence-electron chi connectivity index (χ2n) is 3.48. The van der Waals surface area contributed by atoms with Gasteiger partial charge < -0.3 is 5.73 Å². The van der Waals surface area contributed by atoms with E-state index in [0.717, 1.165) is 18.6 Å². The zero-order chi connectivity index (χ0) is 11.0. The lowest BCUT2D eigenvalue weighted by molar-refractivity contribution is 0.249. The summed E-state index contributed by atoms with van der Waals surface area (Å²) in [5, 5.41) is 3.94. The lowest BCUT2D eigenvalue weighted by Gasteiger charge is -2.13. The number of unbranched alkanes of at least 4 members (excludes halogenated alkanes) is 1. The Morgan fingerprint density at radius 3 is 2.57 bits per heavy atom.